The first-order valence-corrected chi connectivity index (χ1v) is 9.08. The van der Waals surface area contributed by atoms with Crippen molar-refractivity contribution in [2.24, 2.45) is 0 Å². The first-order chi connectivity index (χ1) is 12.6. The number of rotatable bonds is 4. The number of carbonyl (C=O) groups excluding carboxylic acids is 2. The van der Waals surface area contributed by atoms with E-state index in [2.05, 4.69) is 5.32 Å². The zero-order valence-electron chi connectivity index (χ0n) is 14.5. The van der Waals surface area contributed by atoms with Crippen molar-refractivity contribution >= 4 is 23.5 Å². The Bertz CT molecular complexity index is 759. The molecule has 0 aliphatic carbocycles. The van der Waals surface area contributed by atoms with Crippen molar-refractivity contribution in [3.8, 4) is 0 Å². The summed E-state index contributed by atoms with van der Waals surface area (Å²) in [5.41, 5.74) is 1.97. The van der Waals surface area contributed by atoms with Gasteiger partial charge in [-0.05, 0) is 23.3 Å². The molecule has 136 valence electrons. The fourth-order valence-corrected chi connectivity index (χ4v) is 3.19. The average Bonchev–Trinajstić information content (AvgIpc) is 2.67. The van der Waals surface area contributed by atoms with E-state index in [1.807, 2.05) is 53.4 Å². The standard InChI is InChI=1S/C20H22ClN3O2/c21-18-8-4-7-17(13-18)15-22-20(26)24-11-9-23(10-12-24)19(25)14-16-5-2-1-3-6-16/h1-8,13H,9-12,14-15H2,(H,22,26). The van der Waals surface area contributed by atoms with Gasteiger partial charge in [-0.3, -0.25) is 4.79 Å². The molecule has 26 heavy (non-hydrogen) atoms. The molecule has 2 aromatic rings. The number of halogens is 1. The van der Waals surface area contributed by atoms with Gasteiger partial charge in [0.25, 0.3) is 0 Å². The number of nitrogens with zero attached hydrogens (tertiary/aromatic N) is 2. The summed E-state index contributed by atoms with van der Waals surface area (Å²) in [5, 5.41) is 3.56. The summed E-state index contributed by atoms with van der Waals surface area (Å²) in [6.07, 6.45) is 0.405. The van der Waals surface area contributed by atoms with E-state index in [1.54, 1.807) is 11.0 Å². The highest BCUT2D eigenvalue weighted by atomic mass is 35.5. The highest BCUT2D eigenvalue weighted by Gasteiger charge is 2.23. The number of hydrogen-bond acceptors (Lipinski definition) is 2. The normalized spacial score (nSPS) is 14.2. The van der Waals surface area contributed by atoms with E-state index >= 15 is 0 Å². The maximum atomic E-state index is 12.4. The molecule has 0 saturated carbocycles. The Labute approximate surface area is 158 Å². The SMILES string of the molecule is O=C(Cc1ccccc1)N1CCN(C(=O)NCc2cccc(Cl)c2)CC1. The second kappa shape index (κ2) is 8.72. The van der Waals surface area contributed by atoms with Gasteiger partial charge in [0.2, 0.25) is 5.91 Å². The predicted octanol–water partition coefficient (Wildman–Crippen LogP) is 2.94. The van der Waals surface area contributed by atoms with Crippen LogP contribution in [0.4, 0.5) is 4.79 Å². The van der Waals surface area contributed by atoms with Gasteiger partial charge in [0.1, 0.15) is 0 Å². The largest absolute Gasteiger partial charge is 0.339 e. The van der Waals surface area contributed by atoms with E-state index < -0.39 is 0 Å². The van der Waals surface area contributed by atoms with Gasteiger partial charge in [0.15, 0.2) is 0 Å². The lowest BCUT2D eigenvalue weighted by molar-refractivity contribution is -0.131. The van der Waals surface area contributed by atoms with Crippen LogP contribution in [0, 0.1) is 0 Å². The number of piperazine rings is 1. The molecular weight excluding hydrogens is 350 g/mol. The highest BCUT2D eigenvalue weighted by molar-refractivity contribution is 6.30. The molecule has 1 N–H and O–H groups in total. The molecular formula is C20H22ClN3O2. The smallest absolute Gasteiger partial charge is 0.317 e. The summed E-state index contributed by atoms with van der Waals surface area (Å²) >= 11 is 5.95. The molecule has 1 heterocycles. The molecule has 1 aliphatic rings. The van der Waals surface area contributed by atoms with Crippen molar-refractivity contribution in [1.82, 2.24) is 15.1 Å². The van der Waals surface area contributed by atoms with Crippen LogP contribution in [0.5, 0.6) is 0 Å². The quantitative estimate of drug-likeness (QED) is 0.898. The van der Waals surface area contributed by atoms with Gasteiger partial charge in [-0.25, -0.2) is 4.79 Å². The lowest BCUT2D eigenvalue weighted by atomic mass is 10.1. The van der Waals surface area contributed by atoms with Gasteiger partial charge in [0, 0.05) is 37.7 Å². The Morgan fingerprint density at radius 3 is 2.23 bits per heavy atom. The molecule has 1 aliphatic heterocycles. The Kier molecular flexibility index (Phi) is 6.12. The average molecular weight is 372 g/mol. The second-order valence-electron chi connectivity index (χ2n) is 6.32. The minimum atomic E-state index is -0.111. The van der Waals surface area contributed by atoms with Crippen LogP contribution in [-0.2, 0) is 17.8 Å². The van der Waals surface area contributed by atoms with Crippen molar-refractivity contribution in [3.63, 3.8) is 0 Å². The first kappa shape index (κ1) is 18.3. The van der Waals surface area contributed by atoms with E-state index in [9.17, 15) is 9.59 Å². The van der Waals surface area contributed by atoms with Gasteiger partial charge >= 0.3 is 6.03 Å². The van der Waals surface area contributed by atoms with Gasteiger partial charge in [-0.1, -0.05) is 54.1 Å². The zero-order chi connectivity index (χ0) is 18.4. The Morgan fingerprint density at radius 1 is 0.885 bits per heavy atom. The van der Waals surface area contributed by atoms with Gasteiger partial charge < -0.3 is 15.1 Å². The number of amides is 3. The third kappa shape index (κ3) is 4.99. The second-order valence-corrected chi connectivity index (χ2v) is 6.76. The molecule has 2 aromatic carbocycles. The lowest BCUT2D eigenvalue weighted by Crippen LogP contribution is -2.53. The molecule has 0 aromatic heterocycles. The van der Waals surface area contributed by atoms with E-state index in [0.717, 1.165) is 11.1 Å². The van der Waals surface area contributed by atoms with Crippen molar-refractivity contribution in [1.29, 1.82) is 0 Å². The van der Waals surface area contributed by atoms with Crippen LogP contribution in [-0.4, -0.2) is 47.9 Å². The Morgan fingerprint density at radius 2 is 1.54 bits per heavy atom. The third-order valence-electron chi connectivity index (χ3n) is 4.45. The van der Waals surface area contributed by atoms with E-state index in [-0.39, 0.29) is 11.9 Å². The van der Waals surface area contributed by atoms with Gasteiger partial charge in [-0.2, -0.15) is 0 Å². The summed E-state index contributed by atoms with van der Waals surface area (Å²) in [6, 6.07) is 17.0. The molecule has 0 atom stereocenters. The van der Waals surface area contributed by atoms with Gasteiger partial charge in [0.05, 0.1) is 6.42 Å². The maximum Gasteiger partial charge on any atom is 0.317 e. The summed E-state index contributed by atoms with van der Waals surface area (Å²) in [4.78, 5) is 28.3. The van der Waals surface area contributed by atoms with Crippen molar-refractivity contribution < 1.29 is 9.59 Å². The molecule has 0 radical (unpaired) electrons. The lowest BCUT2D eigenvalue weighted by Gasteiger charge is -2.34. The van der Waals surface area contributed by atoms with Crippen molar-refractivity contribution in [2.75, 3.05) is 26.2 Å². The number of nitrogens with one attached hydrogen (secondary N) is 1. The monoisotopic (exact) mass is 371 g/mol. The molecule has 6 heteroatoms. The molecule has 5 nitrogen and oxygen atoms in total. The minimum Gasteiger partial charge on any atom is -0.339 e. The Balaban J connectivity index is 1.44. The topological polar surface area (TPSA) is 52.7 Å². The first-order valence-electron chi connectivity index (χ1n) is 8.71. The van der Waals surface area contributed by atoms with Crippen LogP contribution < -0.4 is 5.32 Å². The molecule has 1 saturated heterocycles. The number of carbonyl (C=O) groups is 2. The fraction of sp³-hybridized carbons (Fsp3) is 0.300. The highest BCUT2D eigenvalue weighted by Crippen LogP contribution is 2.11. The molecule has 0 unspecified atom stereocenters. The molecule has 0 bridgehead atoms. The van der Waals surface area contributed by atoms with Crippen molar-refractivity contribution in [3.05, 3.63) is 70.7 Å². The molecule has 3 rings (SSSR count). The van der Waals surface area contributed by atoms with E-state index in [0.29, 0.717) is 44.2 Å². The fourth-order valence-electron chi connectivity index (χ4n) is 2.98. The Hall–Kier alpha value is -2.53. The third-order valence-corrected chi connectivity index (χ3v) is 4.69. The van der Waals surface area contributed by atoms with Crippen LogP contribution in [0.3, 0.4) is 0 Å². The van der Waals surface area contributed by atoms with Gasteiger partial charge in [-0.15, -0.1) is 0 Å². The van der Waals surface area contributed by atoms with Crippen LogP contribution in [0.1, 0.15) is 11.1 Å². The maximum absolute atomic E-state index is 12.4. The van der Waals surface area contributed by atoms with E-state index in [1.165, 1.54) is 0 Å². The minimum absolute atomic E-state index is 0.107. The summed E-state index contributed by atoms with van der Waals surface area (Å²) in [6.45, 7) is 2.66. The van der Waals surface area contributed by atoms with E-state index in [4.69, 9.17) is 11.6 Å². The van der Waals surface area contributed by atoms with Crippen LogP contribution in [0.15, 0.2) is 54.6 Å². The molecule has 0 spiro atoms. The number of hydrogen-bond donors (Lipinski definition) is 1. The summed E-state index contributed by atoms with van der Waals surface area (Å²) in [7, 11) is 0. The molecule has 3 amide bonds. The van der Waals surface area contributed by atoms with Crippen LogP contribution >= 0.6 is 11.6 Å². The van der Waals surface area contributed by atoms with Crippen LogP contribution in [0.25, 0.3) is 0 Å². The zero-order valence-corrected chi connectivity index (χ0v) is 15.3. The number of urea groups is 1. The van der Waals surface area contributed by atoms with Crippen LogP contribution in [0.2, 0.25) is 5.02 Å². The summed E-state index contributed by atoms with van der Waals surface area (Å²) < 4.78 is 0. The number of benzene rings is 2. The summed E-state index contributed by atoms with van der Waals surface area (Å²) in [5.74, 6) is 0.107. The molecule has 1 fully saturated rings. The van der Waals surface area contributed by atoms with Crippen molar-refractivity contribution in [2.45, 2.75) is 13.0 Å². The predicted molar refractivity (Wildman–Crippen MR) is 102 cm³/mol.